The van der Waals surface area contributed by atoms with Crippen LogP contribution < -0.4 is 0 Å². The Labute approximate surface area is 113 Å². The van der Waals surface area contributed by atoms with E-state index in [1.165, 1.54) is 0 Å². The molecule has 2 unspecified atom stereocenters. The smallest absolute Gasteiger partial charge is 0.430 e. The molecule has 0 aromatic carbocycles. The summed E-state index contributed by atoms with van der Waals surface area (Å²) >= 11 is 0. The summed E-state index contributed by atoms with van der Waals surface area (Å²) in [7, 11) is -4.21. The molecule has 0 aromatic rings. The Morgan fingerprint density at radius 1 is 0.850 bits per heavy atom. The number of fused-ring (bicyclic) bond motifs is 1. The van der Waals surface area contributed by atoms with E-state index in [1.807, 2.05) is 0 Å². The van der Waals surface area contributed by atoms with Crippen LogP contribution in [-0.4, -0.2) is 58.4 Å². The topological polar surface area (TPSA) is 124 Å². The van der Waals surface area contributed by atoms with E-state index in [9.17, 15) is 18.0 Å². The molecule has 2 atom stereocenters. The summed E-state index contributed by atoms with van der Waals surface area (Å²) < 4.78 is 51.5. The van der Waals surface area contributed by atoms with Crippen molar-refractivity contribution in [1.29, 1.82) is 0 Å². The van der Waals surface area contributed by atoms with E-state index >= 15 is 0 Å². The van der Waals surface area contributed by atoms with Crippen molar-refractivity contribution in [1.82, 2.24) is 0 Å². The summed E-state index contributed by atoms with van der Waals surface area (Å²) in [5.41, 5.74) is -3.00. The standard InChI is InChI=1S/C9H10O10S/c10-6-14-3-8(18-6)1-2-16-20(12,13)17-5-9(8)4-15-7(11)19-9/h1-5H2. The molecule has 0 saturated carbocycles. The maximum Gasteiger partial charge on any atom is 0.509 e. The zero-order chi connectivity index (χ0) is 14.4. The van der Waals surface area contributed by atoms with E-state index in [0.717, 1.165) is 0 Å². The highest BCUT2D eigenvalue weighted by molar-refractivity contribution is 7.81. The number of hydrogen-bond acceptors (Lipinski definition) is 10. The minimum absolute atomic E-state index is 0.0576. The minimum Gasteiger partial charge on any atom is -0.430 e. The van der Waals surface area contributed by atoms with Crippen molar-refractivity contribution in [2.45, 2.75) is 17.6 Å². The first-order valence-corrected chi connectivity index (χ1v) is 6.95. The van der Waals surface area contributed by atoms with Crippen LogP contribution in [0.25, 0.3) is 0 Å². The number of cyclic esters (lactones) is 2. The van der Waals surface area contributed by atoms with Gasteiger partial charge in [0.15, 0.2) is 5.60 Å². The van der Waals surface area contributed by atoms with Gasteiger partial charge in [-0.25, -0.2) is 18.0 Å². The van der Waals surface area contributed by atoms with Crippen LogP contribution in [0.4, 0.5) is 9.59 Å². The highest BCUT2D eigenvalue weighted by Gasteiger charge is 2.66. The second kappa shape index (κ2) is 4.20. The summed E-state index contributed by atoms with van der Waals surface area (Å²) in [6.07, 6.45) is -2.01. The van der Waals surface area contributed by atoms with Crippen molar-refractivity contribution in [2.24, 2.45) is 0 Å². The van der Waals surface area contributed by atoms with Crippen LogP contribution >= 0.6 is 0 Å². The number of carbonyl (C=O) groups is 2. The van der Waals surface area contributed by atoms with Gasteiger partial charge in [-0.2, -0.15) is 8.42 Å². The van der Waals surface area contributed by atoms with Gasteiger partial charge >= 0.3 is 22.7 Å². The first-order chi connectivity index (χ1) is 9.37. The van der Waals surface area contributed by atoms with Crippen LogP contribution in [0.2, 0.25) is 0 Å². The molecule has 0 radical (unpaired) electrons. The maximum atomic E-state index is 11.3. The SMILES string of the molecule is O=C1OCC2(CCOS(=O)(=O)OCC23COC(=O)O3)O1. The Balaban J connectivity index is 1.98. The van der Waals surface area contributed by atoms with Crippen LogP contribution in [-0.2, 0) is 37.7 Å². The zero-order valence-electron chi connectivity index (χ0n) is 10.0. The molecular formula is C9H10O10S. The Kier molecular flexibility index (Phi) is 2.81. The second-order valence-electron chi connectivity index (χ2n) is 4.51. The Hall–Kier alpha value is -1.59. The molecule has 3 aliphatic rings. The van der Waals surface area contributed by atoms with E-state index in [2.05, 4.69) is 8.37 Å². The Morgan fingerprint density at radius 2 is 1.45 bits per heavy atom. The van der Waals surface area contributed by atoms with Crippen molar-refractivity contribution in [3.8, 4) is 0 Å². The van der Waals surface area contributed by atoms with Crippen LogP contribution in [0.1, 0.15) is 6.42 Å². The Morgan fingerprint density at radius 3 is 2.00 bits per heavy atom. The van der Waals surface area contributed by atoms with Crippen molar-refractivity contribution < 1.29 is 45.3 Å². The molecule has 20 heavy (non-hydrogen) atoms. The molecule has 2 spiro atoms. The third-order valence-electron chi connectivity index (χ3n) is 3.40. The molecule has 0 aliphatic carbocycles. The molecule has 3 heterocycles. The normalized spacial score (nSPS) is 39.6. The predicted octanol–water partition coefficient (Wildman–Crippen LogP) is -0.521. The van der Waals surface area contributed by atoms with Gasteiger partial charge < -0.3 is 18.9 Å². The van der Waals surface area contributed by atoms with Gasteiger partial charge in [0.25, 0.3) is 0 Å². The molecule has 3 fully saturated rings. The van der Waals surface area contributed by atoms with Gasteiger partial charge in [-0.05, 0) is 0 Å². The van der Waals surface area contributed by atoms with Gasteiger partial charge in [0.2, 0.25) is 5.60 Å². The van der Waals surface area contributed by atoms with E-state index in [-0.39, 0.29) is 26.2 Å². The monoisotopic (exact) mass is 310 g/mol. The second-order valence-corrected chi connectivity index (χ2v) is 5.80. The summed E-state index contributed by atoms with van der Waals surface area (Å²) in [6, 6.07) is 0. The number of rotatable bonds is 0. The molecule has 11 heteroatoms. The number of ether oxygens (including phenoxy) is 4. The molecule has 0 amide bonds. The molecule has 0 bridgehead atoms. The fraction of sp³-hybridized carbons (Fsp3) is 0.778. The van der Waals surface area contributed by atoms with E-state index in [1.54, 1.807) is 0 Å². The highest BCUT2D eigenvalue weighted by atomic mass is 32.3. The first-order valence-electron chi connectivity index (χ1n) is 5.62. The average molecular weight is 310 g/mol. The van der Waals surface area contributed by atoms with Gasteiger partial charge in [0.1, 0.15) is 19.8 Å². The zero-order valence-corrected chi connectivity index (χ0v) is 10.8. The van der Waals surface area contributed by atoms with Crippen molar-refractivity contribution in [3.63, 3.8) is 0 Å². The van der Waals surface area contributed by atoms with Crippen LogP contribution in [0.3, 0.4) is 0 Å². The fourth-order valence-electron chi connectivity index (χ4n) is 2.30. The lowest BCUT2D eigenvalue weighted by atomic mass is 9.82. The van der Waals surface area contributed by atoms with Crippen LogP contribution in [0, 0.1) is 0 Å². The average Bonchev–Trinajstić information content (AvgIpc) is 2.92. The maximum absolute atomic E-state index is 11.3. The molecule has 0 aromatic heterocycles. The van der Waals surface area contributed by atoms with Gasteiger partial charge in [-0.1, -0.05) is 0 Å². The lowest BCUT2D eigenvalue weighted by Crippen LogP contribution is -2.62. The highest BCUT2D eigenvalue weighted by Crippen LogP contribution is 2.42. The summed E-state index contributed by atoms with van der Waals surface area (Å²) in [5.74, 6) is 0. The lowest BCUT2D eigenvalue weighted by Gasteiger charge is -2.39. The van der Waals surface area contributed by atoms with Crippen molar-refractivity contribution in [3.05, 3.63) is 0 Å². The van der Waals surface area contributed by atoms with Crippen molar-refractivity contribution in [2.75, 3.05) is 26.4 Å². The number of carbonyl (C=O) groups excluding carboxylic acids is 2. The summed E-state index contributed by atoms with van der Waals surface area (Å²) in [4.78, 5) is 22.5. The largest absolute Gasteiger partial charge is 0.509 e. The van der Waals surface area contributed by atoms with Gasteiger partial charge in [-0.3, -0.25) is 0 Å². The molecule has 0 N–H and O–H groups in total. The fourth-order valence-corrected chi connectivity index (χ4v) is 2.99. The molecule has 3 saturated heterocycles. The number of hydrogen-bond donors (Lipinski definition) is 0. The van der Waals surface area contributed by atoms with E-state index in [0.29, 0.717) is 0 Å². The van der Waals surface area contributed by atoms with Crippen LogP contribution in [0.5, 0.6) is 0 Å². The third kappa shape index (κ3) is 1.98. The quantitative estimate of drug-likeness (QED) is 0.540. The van der Waals surface area contributed by atoms with Crippen LogP contribution in [0.15, 0.2) is 0 Å². The van der Waals surface area contributed by atoms with E-state index in [4.69, 9.17) is 18.9 Å². The molecule has 3 aliphatic heterocycles. The first kappa shape index (κ1) is 13.4. The summed E-state index contributed by atoms with van der Waals surface area (Å²) in [6.45, 7) is -1.47. The lowest BCUT2D eigenvalue weighted by molar-refractivity contribution is -0.146. The Bertz CT molecular complexity index is 555. The van der Waals surface area contributed by atoms with Gasteiger partial charge in [0.05, 0.1) is 6.61 Å². The van der Waals surface area contributed by atoms with E-state index < -0.39 is 40.5 Å². The molecule has 3 rings (SSSR count). The van der Waals surface area contributed by atoms with Gasteiger partial charge in [0, 0.05) is 6.42 Å². The predicted molar refractivity (Wildman–Crippen MR) is 55.8 cm³/mol. The van der Waals surface area contributed by atoms with Gasteiger partial charge in [-0.15, -0.1) is 0 Å². The summed E-state index contributed by atoms with van der Waals surface area (Å²) in [5, 5.41) is 0. The molecule has 10 nitrogen and oxygen atoms in total. The molecule has 112 valence electrons. The minimum atomic E-state index is -4.21. The van der Waals surface area contributed by atoms with Crippen molar-refractivity contribution >= 4 is 22.7 Å². The molecular weight excluding hydrogens is 300 g/mol. The third-order valence-corrected chi connectivity index (χ3v) is 4.27.